The van der Waals surface area contributed by atoms with Crippen LogP contribution in [0.1, 0.15) is 26.5 Å². The molecule has 0 unspecified atom stereocenters. The molecule has 10 heavy (non-hydrogen) atoms. The number of aromatic nitrogens is 1. The van der Waals surface area contributed by atoms with Gasteiger partial charge in [-0.05, 0) is 40.2 Å². The lowest BCUT2D eigenvalue weighted by Crippen LogP contribution is -2.10. The molecule has 0 aliphatic carbocycles. The van der Waals surface area contributed by atoms with Crippen molar-refractivity contribution in [1.29, 1.82) is 0 Å². The van der Waals surface area contributed by atoms with Crippen LogP contribution in [0.2, 0.25) is 0 Å². The van der Waals surface area contributed by atoms with Gasteiger partial charge in [-0.1, -0.05) is 20.8 Å². The first-order valence-corrected chi connectivity index (χ1v) is 4.98. The van der Waals surface area contributed by atoms with E-state index in [0.717, 1.165) is 0 Å². The number of hydrogen-bond donors (Lipinski definition) is 0. The highest BCUT2D eigenvalue weighted by atomic mass is 127. The Kier molecular flexibility index (Phi) is 2.34. The molecule has 0 aliphatic heterocycles. The Bertz CT molecular complexity index is 224. The molecular formula is C7H10INS. The van der Waals surface area contributed by atoms with Gasteiger partial charge in [0.2, 0.25) is 0 Å². The number of rotatable bonds is 0. The van der Waals surface area contributed by atoms with E-state index in [9.17, 15) is 0 Å². The molecule has 3 heteroatoms. The maximum absolute atomic E-state index is 4.32. The lowest BCUT2D eigenvalue weighted by atomic mass is 9.93. The highest BCUT2D eigenvalue weighted by molar-refractivity contribution is 14.1. The van der Waals surface area contributed by atoms with E-state index in [1.165, 1.54) is 8.58 Å². The van der Waals surface area contributed by atoms with Crippen LogP contribution in [0.25, 0.3) is 0 Å². The van der Waals surface area contributed by atoms with Crippen LogP contribution in [-0.2, 0) is 5.41 Å². The average molecular weight is 267 g/mol. The Morgan fingerprint density at radius 2 is 2.10 bits per heavy atom. The third kappa shape index (κ3) is 1.92. The van der Waals surface area contributed by atoms with Gasteiger partial charge in [0.05, 0.1) is 8.58 Å². The Balaban J connectivity index is 2.96. The first kappa shape index (κ1) is 8.46. The van der Waals surface area contributed by atoms with Gasteiger partial charge in [-0.3, -0.25) is 0 Å². The normalized spacial score (nSPS) is 12.0. The van der Waals surface area contributed by atoms with Crippen molar-refractivity contribution >= 4 is 34.1 Å². The summed E-state index contributed by atoms with van der Waals surface area (Å²) < 4.78 is 5.59. The van der Waals surface area contributed by atoms with Crippen LogP contribution in [0.5, 0.6) is 0 Å². The third-order valence-electron chi connectivity index (χ3n) is 1.25. The van der Waals surface area contributed by atoms with Crippen molar-refractivity contribution in [3.63, 3.8) is 0 Å². The largest absolute Gasteiger partial charge is 0.196 e. The molecule has 0 saturated heterocycles. The van der Waals surface area contributed by atoms with E-state index in [-0.39, 0.29) is 5.41 Å². The molecule has 0 aromatic carbocycles. The molecule has 0 N–H and O–H groups in total. The molecule has 1 heterocycles. The fourth-order valence-electron chi connectivity index (χ4n) is 0.606. The summed E-state index contributed by atoms with van der Waals surface area (Å²) in [6.45, 7) is 6.54. The molecule has 0 bridgehead atoms. The molecule has 1 nitrogen and oxygen atoms in total. The maximum atomic E-state index is 4.32. The van der Waals surface area contributed by atoms with Gasteiger partial charge < -0.3 is 0 Å². The molecule has 0 fully saturated rings. The lowest BCUT2D eigenvalue weighted by molar-refractivity contribution is 0.576. The van der Waals surface area contributed by atoms with E-state index in [4.69, 9.17) is 0 Å². The van der Waals surface area contributed by atoms with Crippen molar-refractivity contribution in [3.05, 3.63) is 14.6 Å². The summed E-state index contributed by atoms with van der Waals surface area (Å²) in [5.41, 5.74) is 1.40. The Labute approximate surface area is 79.2 Å². The van der Waals surface area contributed by atoms with Crippen LogP contribution in [0.15, 0.2) is 6.07 Å². The minimum atomic E-state index is 0.208. The van der Waals surface area contributed by atoms with Gasteiger partial charge in [-0.15, -0.1) is 0 Å². The molecule has 0 radical (unpaired) electrons. The number of hydrogen-bond acceptors (Lipinski definition) is 2. The van der Waals surface area contributed by atoms with Crippen LogP contribution in [-0.4, -0.2) is 4.37 Å². The van der Waals surface area contributed by atoms with Gasteiger partial charge in [-0.25, -0.2) is 0 Å². The predicted molar refractivity (Wildman–Crippen MR) is 53.5 cm³/mol. The standard InChI is InChI=1S/C7H10INS/c1-7(2,3)5-4-6(8)10-9-5/h4H,1-3H3. The minimum Gasteiger partial charge on any atom is -0.196 e. The smallest absolute Gasteiger partial charge is 0.0863 e. The zero-order chi connectivity index (χ0) is 7.78. The van der Waals surface area contributed by atoms with Crippen LogP contribution in [0, 0.1) is 2.88 Å². The van der Waals surface area contributed by atoms with Crippen molar-refractivity contribution in [3.8, 4) is 0 Å². The third-order valence-corrected chi connectivity index (χ3v) is 2.73. The van der Waals surface area contributed by atoms with Gasteiger partial charge in [-0.2, -0.15) is 4.37 Å². The van der Waals surface area contributed by atoms with Gasteiger partial charge >= 0.3 is 0 Å². The van der Waals surface area contributed by atoms with Crippen LogP contribution >= 0.6 is 34.1 Å². The highest BCUT2D eigenvalue weighted by Crippen LogP contribution is 2.24. The molecule has 0 aliphatic rings. The fourth-order valence-corrected chi connectivity index (χ4v) is 1.87. The Hall–Kier alpha value is 0.360. The summed E-state index contributed by atoms with van der Waals surface area (Å²) in [4.78, 5) is 0. The summed E-state index contributed by atoms with van der Waals surface area (Å²) in [6.07, 6.45) is 0. The molecule has 0 atom stereocenters. The topological polar surface area (TPSA) is 12.9 Å². The van der Waals surface area contributed by atoms with E-state index in [2.05, 4.69) is 53.8 Å². The maximum Gasteiger partial charge on any atom is 0.0863 e. The molecule has 0 spiro atoms. The van der Waals surface area contributed by atoms with Gasteiger partial charge in [0.25, 0.3) is 0 Å². The molecule has 1 aromatic heterocycles. The Morgan fingerprint density at radius 3 is 2.30 bits per heavy atom. The number of halogens is 1. The van der Waals surface area contributed by atoms with Crippen LogP contribution in [0.3, 0.4) is 0 Å². The molecule has 56 valence electrons. The van der Waals surface area contributed by atoms with Crippen molar-refractivity contribution < 1.29 is 0 Å². The van der Waals surface area contributed by atoms with Crippen LogP contribution < -0.4 is 0 Å². The van der Waals surface area contributed by atoms with E-state index in [0.29, 0.717) is 0 Å². The SMILES string of the molecule is CC(C)(C)c1cc(I)sn1. The molecular weight excluding hydrogens is 257 g/mol. The Morgan fingerprint density at radius 1 is 1.50 bits per heavy atom. The summed E-state index contributed by atoms with van der Waals surface area (Å²) >= 11 is 3.86. The van der Waals surface area contributed by atoms with Crippen molar-refractivity contribution in [2.45, 2.75) is 26.2 Å². The van der Waals surface area contributed by atoms with Crippen LogP contribution in [0.4, 0.5) is 0 Å². The lowest BCUT2D eigenvalue weighted by Gasteiger charge is -2.13. The highest BCUT2D eigenvalue weighted by Gasteiger charge is 2.16. The molecule has 0 saturated carbocycles. The monoisotopic (exact) mass is 267 g/mol. The summed E-state index contributed by atoms with van der Waals surface area (Å²) in [5, 5.41) is 0. The fraction of sp³-hybridized carbons (Fsp3) is 0.571. The molecule has 1 aromatic rings. The number of nitrogens with zero attached hydrogens (tertiary/aromatic N) is 1. The van der Waals surface area contributed by atoms with Gasteiger partial charge in [0.15, 0.2) is 0 Å². The molecule has 1 rings (SSSR count). The van der Waals surface area contributed by atoms with E-state index >= 15 is 0 Å². The average Bonchev–Trinajstić information content (AvgIpc) is 2.11. The zero-order valence-electron chi connectivity index (χ0n) is 6.31. The first-order valence-electron chi connectivity index (χ1n) is 3.13. The second kappa shape index (κ2) is 2.77. The van der Waals surface area contributed by atoms with E-state index < -0.39 is 0 Å². The van der Waals surface area contributed by atoms with Crippen molar-refractivity contribution in [2.24, 2.45) is 0 Å². The van der Waals surface area contributed by atoms with Gasteiger partial charge in [0.1, 0.15) is 0 Å². The quantitative estimate of drug-likeness (QED) is 0.658. The van der Waals surface area contributed by atoms with E-state index in [1.54, 1.807) is 11.5 Å². The minimum absolute atomic E-state index is 0.208. The second-order valence-electron chi connectivity index (χ2n) is 3.27. The van der Waals surface area contributed by atoms with Crippen molar-refractivity contribution in [2.75, 3.05) is 0 Å². The summed E-state index contributed by atoms with van der Waals surface area (Å²) in [7, 11) is 0. The first-order chi connectivity index (χ1) is 4.50. The zero-order valence-corrected chi connectivity index (χ0v) is 9.28. The summed E-state index contributed by atoms with van der Waals surface area (Å²) in [6, 6.07) is 2.14. The van der Waals surface area contributed by atoms with Crippen molar-refractivity contribution in [1.82, 2.24) is 4.37 Å². The predicted octanol–water partition coefficient (Wildman–Crippen LogP) is 3.05. The van der Waals surface area contributed by atoms with E-state index in [1.807, 2.05) is 0 Å². The summed E-state index contributed by atoms with van der Waals surface area (Å²) in [5.74, 6) is 0. The van der Waals surface area contributed by atoms with Gasteiger partial charge in [0, 0.05) is 5.41 Å². The second-order valence-corrected chi connectivity index (χ2v) is 5.97. The molecule has 0 amide bonds.